The zero-order valence-corrected chi connectivity index (χ0v) is 18.4. The summed E-state index contributed by atoms with van der Waals surface area (Å²) in [5.74, 6) is 2.37. The molecule has 7 nitrogen and oxygen atoms in total. The molecule has 31 heavy (non-hydrogen) atoms. The van der Waals surface area contributed by atoms with Crippen LogP contribution in [-0.4, -0.2) is 57.4 Å². The molecule has 2 aliphatic rings. The number of anilines is 1. The first kappa shape index (κ1) is 19.0. The molecule has 1 aliphatic heterocycles. The Morgan fingerprint density at radius 2 is 2.00 bits per heavy atom. The molecule has 0 aromatic carbocycles. The van der Waals surface area contributed by atoms with Crippen molar-refractivity contribution in [1.29, 1.82) is 0 Å². The van der Waals surface area contributed by atoms with Gasteiger partial charge in [0, 0.05) is 54.9 Å². The number of fused-ring (bicyclic) bond motifs is 2. The van der Waals surface area contributed by atoms with E-state index in [0.717, 1.165) is 65.0 Å². The maximum atomic E-state index is 5.19. The van der Waals surface area contributed by atoms with Gasteiger partial charge in [-0.1, -0.05) is 6.42 Å². The number of hydrogen-bond donors (Lipinski definition) is 2. The summed E-state index contributed by atoms with van der Waals surface area (Å²) >= 11 is 1.68. The number of nitrogens with zero attached hydrogens (tertiary/aromatic N) is 5. The molecule has 0 bridgehead atoms. The van der Waals surface area contributed by atoms with Crippen LogP contribution in [0.25, 0.3) is 33.3 Å². The Hall–Kier alpha value is -2.71. The predicted molar refractivity (Wildman–Crippen MR) is 126 cm³/mol. The van der Waals surface area contributed by atoms with Gasteiger partial charge in [-0.15, -0.1) is 11.8 Å². The highest BCUT2D eigenvalue weighted by molar-refractivity contribution is 7.98. The minimum Gasteiger partial charge on any atom is -0.353 e. The van der Waals surface area contributed by atoms with Crippen LogP contribution in [0, 0.1) is 0 Å². The molecule has 1 saturated heterocycles. The van der Waals surface area contributed by atoms with E-state index in [1.807, 2.05) is 24.7 Å². The van der Waals surface area contributed by atoms with Gasteiger partial charge in [-0.2, -0.15) is 0 Å². The maximum absolute atomic E-state index is 5.19. The molecule has 1 aliphatic carbocycles. The number of rotatable bonds is 4. The molecule has 2 fully saturated rings. The fraction of sp³-hybridized carbons (Fsp3) is 0.391. The van der Waals surface area contributed by atoms with Gasteiger partial charge in [0.1, 0.15) is 11.5 Å². The molecular formula is C23H25N7S. The van der Waals surface area contributed by atoms with Crippen LogP contribution >= 0.6 is 11.8 Å². The lowest BCUT2D eigenvalue weighted by Crippen LogP contribution is -2.44. The molecule has 2 N–H and O–H groups in total. The fourth-order valence-corrected chi connectivity index (χ4v) is 5.09. The zero-order chi connectivity index (χ0) is 20.8. The summed E-state index contributed by atoms with van der Waals surface area (Å²) in [4.78, 5) is 25.1. The van der Waals surface area contributed by atoms with Crippen molar-refractivity contribution >= 4 is 39.5 Å². The minimum absolute atomic E-state index is 0.578. The molecule has 4 aromatic rings. The standard InChI is InChI=1S/C23H25N7S/c1-31-19-11-16-15(5-6-26-21(16)28-19)22-27-18-13-25-12-17(14-3-2-4-14)20(18)23(29-22)30-9-7-24-8-10-30/h5-6,11-14,24H,2-4,7-10H2,1H3,(H,26,28). The Kier molecular flexibility index (Phi) is 4.76. The summed E-state index contributed by atoms with van der Waals surface area (Å²) in [6, 6.07) is 4.16. The molecule has 4 aromatic heterocycles. The number of aromatic amines is 1. The van der Waals surface area contributed by atoms with Crippen molar-refractivity contribution < 1.29 is 0 Å². The highest BCUT2D eigenvalue weighted by Crippen LogP contribution is 2.42. The number of pyridine rings is 2. The van der Waals surface area contributed by atoms with E-state index >= 15 is 0 Å². The molecule has 0 spiro atoms. The average molecular weight is 432 g/mol. The van der Waals surface area contributed by atoms with Crippen LogP contribution in [0.4, 0.5) is 5.82 Å². The first-order valence-electron chi connectivity index (χ1n) is 11.0. The number of hydrogen-bond acceptors (Lipinski definition) is 7. The van der Waals surface area contributed by atoms with Crippen molar-refractivity contribution in [3.63, 3.8) is 0 Å². The van der Waals surface area contributed by atoms with Gasteiger partial charge in [0.2, 0.25) is 0 Å². The summed E-state index contributed by atoms with van der Waals surface area (Å²) in [6.07, 6.45) is 11.6. The lowest BCUT2D eigenvalue weighted by Gasteiger charge is -2.32. The van der Waals surface area contributed by atoms with Crippen molar-refractivity contribution in [1.82, 2.24) is 30.2 Å². The van der Waals surface area contributed by atoms with Gasteiger partial charge in [-0.3, -0.25) is 4.98 Å². The van der Waals surface area contributed by atoms with Gasteiger partial charge in [0.05, 0.1) is 16.7 Å². The van der Waals surface area contributed by atoms with E-state index in [-0.39, 0.29) is 0 Å². The fourth-order valence-electron chi connectivity index (χ4n) is 4.65. The molecule has 8 heteroatoms. The van der Waals surface area contributed by atoms with Crippen molar-refractivity contribution in [2.24, 2.45) is 0 Å². The maximum Gasteiger partial charge on any atom is 0.163 e. The van der Waals surface area contributed by atoms with Gasteiger partial charge < -0.3 is 15.2 Å². The monoisotopic (exact) mass is 431 g/mol. The minimum atomic E-state index is 0.578. The third-order valence-electron chi connectivity index (χ3n) is 6.55. The summed E-state index contributed by atoms with van der Waals surface area (Å²) in [5.41, 5.74) is 4.13. The van der Waals surface area contributed by atoms with Crippen LogP contribution < -0.4 is 10.2 Å². The second-order valence-corrected chi connectivity index (χ2v) is 9.17. The molecule has 6 rings (SSSR count). The van der Waals surface area contributed by atoms with Crippen LogP contribution in [0.2, 0.25) is 0 Å². The SMILES string of the molecule is CSc1cc2c(-c3nc(N4CCNCC4)c4c(C5CCC5)cncc4n3)ccnc2[nH]1. The average Bonchev–Trinajstić information content (AvgIpc) is 3.21. The number of H-pyrrole nitrogens is 1. The summed E-state index contributed by atoms with van der Waals surface area (Å²) in [5, 5.41) is 6.80. The van der Waals surface area contributed by atoms with Crippen LogP contribution in [0.5, 0.6) is 0 Å². The van der Waals surface area contributed by atoms with E-state index in [1.54, 1.807) is 11.8 Å². The number of nitrogens with one attached hydrogen (secondary N) is 2. The molecule has 158 valence electrons. The van der Waals surface area contributed by atoms with Gasteiger partial charge in [-0.25, -0.2) is 15.0 Å². The highest BCUT2D eigenvalue weighted by atomic mass is 32.2. The Morgan fingerprint density at radius 1 is 1.13 bits per heavy atom. The van der Waals surface area contributed by atoms with Crippen molar-refractivity contribution in [3.05, 3.63) is 36.3 Å². The van der Waals surface area contributed by atoms with Gasteiger partial charge in [-0.05, 0) is 42.7 Å². The van der Waals surface area contributed by atoms with Crippen LogP contribution in [0.1, 0.15) is 30.7 Å². The molecule has 1 saturated carbocycles. The number of piperazine rings is 1. The first-order valence-corrected chi connectivity index (χ1v) is 12.2. The Labute approximate surface area is 185 Å². The Balaban J connectivity index is 1.59. The van der Waals surface area contributed by atoms with Gasteiger partial charge in [0.25, 0.3) is 0 Å². The van der Waals surface area contributed by atoms with Crippen molar-refractivity contribution in [2.75, 3.05) is 37.3 Å². The summed E-state index contributed by atoms with van der Waals surface area (Å²) < 4.78 is 0. The van der Waals surface area contributed by atoms with E-state index in [9.17, 15) is 0 Å². The Morgan fingerprint density at radius 3 is 2.77 bits per heavy atom. The van der Waals surface area contributed by atoms with E-state index in [4.69, 9.17) is 9.97 Å². The first-order chi connectivity index (χ1) is 15.3. The quantitative estimate of drug-likeness (QED) is 0.473. The van der Waals surface area contributed by atoms with Crippen LogP contribution in [0.3, 0.4) is 0 Å². The lowest BCUT2D eigenvalue weighted by atomic mass is 9.79. The molecule has 5 heterocycles. The predicted octanol–water partition coefficient (Wildman–Crippen LogP) is 3.97. The van der Waals surface area contributed by atoms with Gasteiger partial charge in [0.15, 0.2) is 5.82 Å². The third kappa shape index (κ3) is 3.25. The highest BCUT2D eigenvalue weighted by Gasteiger charge is 2.27. The van der Waals surface area contributed by atoms with E-state index in [1.165, 1.54) is 30.2 Å². The van der Waals surface area contributed by atoms with Gasteiger partial charge >= 0.3 is 0 Å². The number of aromatic nitrogens is 5. The smallest absolute Gasteiger partial charge is 0.163 e. The second-order valence-electron chi connectivity index (χ2n) is 8.32. The molecule has 0 amide bonds. The normalized spacial score (nSPS) is 17.4. The van der Waals surface area contributed by atoms with Crippen LogP contribution in [-0.2, 0) is 0 Å². The summed E-state index contributed by atoms with van der Waals surface area (Å²) in [6.45, 7) is 3.84. The third-order valence-corrected chi connectivity index (χ3v) is 7.21. The number of thioether (sulfide) groups is 1. The molecule has 0 atom stereocenters. The molecular weight excluding hydrogens is 406 g/mol. The zero-order valence-electron chi connectivity index (χ0n) is 17.6. The summed E-state index contributed by atoms with van der Waals surface area (Å²) in [7, 11) is 0. The molecule has 0 unspecified atom stereocenters. The van der Waals surface area contributed by atoms with E-state index < -0.39 is 0 Å². The van der Waals surface area contributed by atoms with E-state index in [0.29, 0.717) is 5.92 Å². The van der Waals surface area contributed by atoms with Crippen molar-refractivity contribution in [3.8, 4) is 11.4 Å². The largest absolute Gasteiger partial charge is 0.353 e. The molecule has 0 radical (unpaired) electrons. The lowest BCUT2D eigenvalue weighted by molar-refractivity contribution is 0.421. The second kappa shape index (κ2) is 7.76. The van der Waals surface area contributed by atoms with Crippen LogP contribution in [0.15, 0.2) is 35.7 Å². The Bertz CT molecular complexity index is 1260. The van der Waals surface area contributed by atoms with Crippen molar-refractivity contribution in [2.45, 2.75) is 30.2 Å². The van der Waals surface area contributed by atoms with E-state index in [2.05, 4.69) is 37.5 Å². The topological polar surface area (TPSA) is 82.6 Å².